The summed E-state index contributed by atoms with van der Waals surface area (Å²) in [6.07, 6.45) is 7.59. The molecule has 0 rings (SSSR count). The predicted octanol–water partition coefficient (Wildman–Crippen LogP) is 3.15. The zero-order chi connectivity index (χ0) is 10.1. The molecular formula is C11H25NS. The summed E-state index contributed by atoms with van der Waals surface area (Å²) in [5.74, 6) is 2.14. The van der Waals surface area contributed by atoms with Crippen LogP contribution in [0, 0.1) is 5.92 Å². The van der Waals surface area contributed by atoms with E-state index in [-0.39, 0.29) is 0 Å². The van der Waals surface area contributed by atoms with Crippen molar-refractivity contribution in [3.05, 3.63) is 0 Å². The molecule has 0 heterocycles. The van der Waals surface area contributed by atoms with Gasteiger partial charge in [-0.2, -0.15) is 11.8 Å². The third-order valence-corrected chi connectivity index (χ3v) is 3.01. The van der Waals surface area contributed by atoms with Crippen LogP contribution in [0.5, 0.6) is 0 Å². The zero-order valence-electron chi connectivity index (χ0n) is 9.60. The first-order valence-corrected chi connectivity index (χ1v) is 6.76. The topological polar surface area (TPSA) is 12.0 Å². The summed E-state index contributed by atoms with van der Waals surface area (Å²) in [4.78, 5) is 0. The summed E-state index contributed by atoms with van der Waals surface area (Å²) in [5.41, 5.74) is 0. The smallest absolute Gasteiger partial charge is 0.00665 e. The van der Waals surface area contributed by atoms with E-state index in [0.29, 0.717) is 0 Å². The Morgan fingerprint density at radius 3 is 2.38 bits per heavy atom. The molecule has 1 unspecified atom stereocenters. The molecule has 0 aliphatic heterocycles. The highest BCUT2D eigenvalue weighted by Crippen LogP contribution is 2.11. The van der Waals surface area contributed by atoms with E-state index in [4.69, 9.17) is 0 Å². The molecule has 0 aromatic heterocycles. The van der Waals surface area contributed by atoms with E-state index in [0.717, 1.165) is 12.0 Å². The number of hydrogen-bond acceptors (Lipinski definition) is 2. The largest absolute Gasteiger partial charge is 0.317 e. The molecule has 0 aliphatic carbocycles. The molecule has 0 radical (unpaired) electrons. The van der Waals surface area contributed by atoms with Crippen LogP contribution in [-0.4, -0.2) is 25.1 Å². The van der Waals surface area contributed by atoms with Gasteiger partial charge in [0.15, 0.2) is 0 Å². The third kappa shape index (κ3) is 8.63. The predicted molar refractivity (Wildman–Crippen MR) is 64.5 cm³/mol. The second kappa shape index (κ2) is 8.89. The highest BCUT2D eigenvalue weighted by Gasteiger charge is 2.07. The average Bonchev–Trinajstić information content (AvgIpc) is 2.09. The molecule has 1 N–H and O–H groups in total. The summed E-state index contributed by atoms with van der Waals surface area (Å²) >= 11 is 1.95. The van der Waals surface area contributed by atoms with Crippen LogP contribution >= 0.6 is 11.8 Å². The Labute approximate surface area is 88.1 Å². The van der Waals surface area contributed by atoms with Crippen LogP contribution in [0.1, 0.15) is 39.5 Å². The molecule has 13 heavy (non-hydrogen) atoms. The van der Waals surface area contributed by atoms with Crippen LogP contribution < -0.4 is 5.32 Å². The van der Waals surface area contributed by atoms with E-state index < -0.39 is 0 Å². The maximum Gasteiger partial charge on any atom is 0.00665 e. The molecule has 0 amide bonds. The lowest BCUT2D eigenvalue weighted by Gasteiger charge is -2.17. The number of nitrogens with one attached hydrogen (secondary N) is 1. The monoisotopic (exact) mass is 203 g/mol. The van der Waals surface area contributed by atoms with Gasteiger partial charge in [0.25, 0.3) is 0 Å². The fourth-order valence-corrected chi connectivity index (χ4v) is 2.08. The minimum atomic E-state index is 0.738. The normalized spacial score (nSPS) is 13.6. The van der Waals surface area contributed by atoms with Gasteiger partial charge in [0, 0.05) is 6.04 Å². The molecule has 1 atom stereocenters. The van der Waals surface area contributed by atoms with E-state index in [1.165, 1.54) is 31.4 Å². The van der Waals surface area contributed by atoms with Crippen molar-refractivity contribution >= 4 is 11.8 Å². The van der Waals surface area contributed by atoms with Crippen molar-refractivity contribution in [2.24, 2.45) is 5.92 Å². The number of rotatable bonds is 8. The summed E-state index contributed by atoms with van der Waals surface area (Å²) in [6.45, 7) is 4.60. The lowest BCUT2D eigenvalue weighted by atomic mass is 9.99. The second-order valence-electron chi connectivity index (χ2n) is 4.10. The molecular weight excluding hydrogens is 178 g/mol. The molecule has 0 aromatic carbocycles. The molecule has 0 bridgehead atoms. The van der Waals surface area contributed by atoms with Crippen LogP contribution in [0.4, 0.5) is 0 Å². The van der Waals surface area contributed by atoms with Crippen LogP contribution in [0.25, 0.3) is 0 Å². The Hall–Kier alpha value is 0.310. The van der Waals surface area contributed by atoms with Gasteiger partial charge >= 0.3 is 0 Å². The molecule has 0 fully saturated rings. The maximum absolute atomic E-state index is 3.40. The van der Waals surface area contributed by atoms with E-state index in [9.17, 15) is 0 Å². The molecule has 0 saturated carbocycles. The van der Waals surface area contributed by atoms with Gasteiger partial charge in [-0.3, -0.25) is 0 Å². The minimum absolute atomic E-state index is 0.738. The number of hydrogen-bond donors (Lipinski definition) is 1. The van der Waals surface area contributed by atoms with Gasteiger partial charge in [-0.05, 0) is 44.2 Å². The van der Waals surface area contributed by atoms with Gasteiger partial charge in [-0.15, -0.1) is 0 Å². The molecule has 2 heteroatoms. The third-order valence-electron chi connectivity index (χ3n) is 2.32. The maximum atomic E-state index is 3.40. The Morgan fingerprint density at radius 2 is 1.92 bits per heavy atom. The van der Waals surface area contributed by atoms with E-state index in [1.807, 2.05) is 11.8 Å². The summed E-state index contributed by atoms with van der Waals surface area (Å²) in [5, 5.41) is 3.40. The standard InChI is InChI=1S/C11H25NS/c1-10(2)9-11(12-3)7-5-6-8-13-4/h10-12H,5-9H2,1-4H3. The fourth-order valence-electron chi connectivity index (χ4n) is 1.59. The lowest BCUT2D eigenvalue weighted by molar-refractivity contribution is 0.412. The molecule has 0 spiro atoms. The summed E-state index contributed by atoms with van der Waals surface area (Å²) < 4.78 is 0. The number of thioether (sulfide) groups is 1. The van der Waals surface area contributed by atoms with E-state index >= 15 is 0 Å². The van der Waals surface area contributed by atoms with Crippen LogP contribution in [-0.2, 0) is 0 Å². The summed E-state index contributed by atoms with van der Waals surface area (Å²) in [6, 6.07) is 0.738. The quantitative estimate of drug-likeness (QED) is 0.608. The van der Waals surface area contributed by atoms with Crippen molar-refractivity contribution in [3.8, 4) is 0 Å². The van der Waals surface area contributed by atoms with Crippen molar-refractivity contribution in [2.45, 2.75) is 45.6 Å². The first-order chi connectivity index (χ1) is 6.20. The molecule has 80 valence electrons. The zero-order valence-corrected chi connectivity index (χ0v) is 10.4. The van der Waals surface area contributed by atoms with Gasteiger partial charge < -0.3 is 5.32 Å². The van der Waals surface area contributed by atoms with Gasteiger partial charge in [0.1, 0.15) is 0 Å². The van der Waals surface area contributed by atoms with Crippen molar-refractivity contribution in [3.63, 3.8) is 0 Å². The highest BCUT2D eigenvalue weighted by molar-refractivity contribution is 7.98. The van der Waals surface area contributed by atoms with Gasteiger partial charge in [-0.1, -0.05) is 20.3 Å². The van der Waals surface area contributed by atoms with Crippen molar-refractivity contribution < 1.29 is 0 Å². The van der Waals surface area contributed by atoms with E-state index in [2.05, 4.69) is 32.5 Å². The minimum Gasteiger partial charge on any atom is -0.317 e. The molecule has 0 saturated heterocycles. The molecule has 1 nitrogen and oxygen atoms in total. The van der Waals surface area contributed by atoms with Gasteiger partial charge in [0.05, 0.1) is 0 Å². The second-order valence-corrected chi connectivity index (χ2v) is 5.09. The first kappa shape index (κ1) is 13.3. The Balaban J connectivity index is 3.36. The lowest BCUT2D eigenvalue weighted by Crippen LogP contribution is -2.26. The first-order valence-electron chi connectivity index (χ1n) is 5.37. The van der Waals surface area contributed by atoms with Crippen molar-refractivity contribution in [2.75, 3.05) is 19.1 Å². The van der Waals surface area contributed by atoms with Crippen molar-refractivity contribution in [1.29, 1.82) is 0 Å². The Bertz CT molecular complexity index is 104. The number of unbranched alkanes of at least 4 members (excludes halogenated alkanes) is 1. The molecule has 0 aliphatic rings. The highest BCUT2D eigenvalue weighted by atomic mass is 32.2. The van der Waals surface area contributed by atoms with Crippen LogP contribution in [0.3, 0.4) is 0 Å². The van der Waals surface area contributed by atoms with Crippen LogP contribution in [0.2, 0.25) is 0 Å². The summed E-state index contributed by atoms with van der Waals surface area (Å²) in [7, 11) is 2.08. The van der Waals surface area contributed by atoms with Crippen molar-refractivity contribution in [1.82, 2.24) is 5.32 Å². The SMILES string of the molecule is CNC(CCCCSC)CC(C)C. The Kier molecular flexibility index (Phi) is 9.10. The average molecular weight is 203 g/mol. The fraction of sp³-hybridized carbons (Fsp3) is 1.00. The van der Waals surface area contributed by atoms with Gasteiger partial charge in [-0.25, -0.2) is 0 Å². The Morgan fingerprint density at radius 1 is 1.23 bits per heavy atom. The van der Waals surface area contributed by atoms with Gasteiger partial charge in [0.2, 0.25) is 0 Å². The molecule has 0 aromatic rings. The van der Waals surface area contributed by atoms with E-state index in [1.54, 1.807) is 0 Å². The van der Waals surface area contributed by atoms with Crippen LogP contribution in [0.15, 0.2) is 0 Å².